The molecule has 0 saturated heterocycles. The third-order valence-corrected chi connectivity index (χ3v) is 4.29. The first-order chi connectivity index (χ1) is 5.27. The van der Waals surface area contributed by atoms with Crippen LogP contribution in [0, 0.1) is 5.92 Å². The zero-order chi connectivity index (χ0) is 9.94. The summed E-state index contributed by atoms with van der Waals surface area (Å²) in [6.45, 7) is 7.23. The van der Waals surface area contributed by atoms with Crippen LogP contribution in [0.2, 0.25) is 0 Å². The van der Waals surface area contributed by atoms with Gasteiger partial charge in [0.15, 0.2) is 9.84 Å². The molecular weight excluding hydrogens is 174 g/mol. The molecule has 0 radical (unpaired) electrons. The molecule has 0 aromatic carbocycles. The van der Waals surface area contributed by atoms with Gasteiger partial charge in [0.05, 0.1) is 11.0 Å². The van der Waals surface area contributed by atoms with Crippen LogP contribution in [0.3, 0.4) is 0 Å². The lowest BCUT2D eigenvalue weighted by molar-refractivity contribution is 0.513. The molecule has 0 aromatic heterocycles. The highest BCUT2D eigenvalue weighted by atomic mass is 32.2. The molecule has 1 atom stereocenters. The smallest absolute Gasteiger partial charge is 0.154 e. The lowest BCUT2D eigenvalue weighted by Crippen LogP contribution is -2.36. The molecule has 0 saturated carbocycles. The van der Waals surface area contributed by atoms with Crippen molar-refractivity contribution in [3.8, 4) is 0 Å². The minimum atomic E-state index is -2.97. The van der Waals surface area contributed by atoms with Crippen LogP contribution in [-0.4, -0.2) is 25.5 Å². The highest BCUT2D eigenvalue weighted by Gasteiger charge is 2.21. The summed E-state index contributed by atoms with van der Waals surface area (Å²) in [4.78, 5) is 0. The van der Waals surface area contributed by atoms with Crippen molar-refractivity contribution in [1.29, 1.82) is 0 Å². The first-order valence-electron chi connectivity index (χ1n) is 4.24. The predicted octanol–water partition coefficient (Wildman–Crippen LogP) is 0.793. The Morgan fingerprint density at radius 2 is 1.58 bits per heavy atom. The maximum absolute atomic E-state index is 11.4. The zero-order valence-electron chi connectivity index (χ0n) is 8.24. The molecule has 0 amide bonds. The number of sulfone groups is 1. The van der Waals surface area contributed by atoms with Gasteiger partial charge in [-0.3, -0.25) is 0 Å². The fourth-order valence-corrected chi connectivity index (χ4v) is 1.96. The molecule has 0 spiro atoms. The van der Waals surface area contributed by atoms with E-state index in [4.69, 9.17) is 5.73 Å². The topological polar surface area (TPSA) is 60.2 Å². The van der Waals surface area contributed by atoms with Gasteiger partial charge in [0.25, 0.3) is 0 Å². The van der Waals surface area contributed by atoms with Crippen molar-refractivity contribution >= 4 is 9.84 Å². The van der Waals surface area contributed by atoms with Gasteiger partial charge >= 0.3 is 0 Å². The van der Waals surface area contributed by atoms with Gasteiger partial charge in [0.1, 0.15) is 0 Å². The van der Waals surface area contributed by atoms with Crippen LogP contribution in [0.1, 0.15) is 27.7 Å². The van der Waals surface area contributed by atoms with Gasteiger partial charge in [-0.15, -0.1) is 0 Å². The van der Waals surface area contributed by atoms with E-state index in [9.17, 15) is 8.42 Å². The average Bonchev–Trinajstić information content (AvgIpc) is 1.85. The largest absolute Gasteiger partial charge is 0.327 e. The van der Waals surface area contributed by atoms with Gasteiger partial charge in [0, 0.05) is 6.04 Å². The van der Waals surface area contributed by atoms with Crippen LogP contribution in [-0.2, 0) is 9.84 Å². The number of hydrogen-bond acceptors (Lipinski definition) is 3. The summed E-state index contributed by atoms with van der Waals surface area (Å²) in [5.74, 6) is 0.320. The van der Waals surface area contributed by atoms with E-state index in [1.54, 1.807) is 13.8 Å². The van der Waals surface area contributed by atoms with E-state index in [0.29, 0.717) is 0 Å². The summed E-state index contributed by atoms with van der Waals surface area (Å²) in [6, 6.07) is -0.239. The minimum Gasteiger partial charge on any atom is -0.327 e. The van der Waals surface area contributed by atoms with Crippen LogP contribution in [0.4, 0.5) is 0 Å². The van der Waals surface area contributed by atoms with E-state index in [2.05, 4.69) is 0 Å². The Morgan fingerprint density at radius 3 is 1.83 bits per heavy atom. The molecule has 0 aromatic rings. The molecule has 3 nitrogen and oxygen atoms in total. The Hall–Kier alpha value is -0.0900. The van der Waals surface area contributed by atoms with Gasteiger partial charge < -0.3 is 5.73 Å². The molecule has 1 unspecified atom stereocenters. The minimum absolute atomic E-state index is 0.0995. The summed E-state index contributed by atoms with van der Waals surface area (Å²) >= 11 is 0. The lowest BCUT2D eigenvalue weighted by atomic mass is 10.1. The molecule has 0 heterocycles. The van der Waals surface area contributed by atoms with E-state index in [1.807, 2.05) is 13.8 Å². The second kappa shape index (κ2) is 4.23. The quantitative estimate of drug-likeness (QED) is 0.718. The van der Waals surface area contributed by atoms with Crippen LogP contribution >= 0.6 is 0 Å². The third-order valence-electron chi connectivity index (χ3n) is 2.00. The van der Waals surface area contributed by atoms with E-state index >= 15 is 0 Å². The van der Waals surface area contributed by atoms with Crippen LogP contribution in [0.5, 0.6) is 0 Å². The standard InChI is InChI=1S/C8H19NO2S/c1-6(2)8(9)5-12(10,11)7(3)4/h6-8H,5,9H2,1-4H3. The first kappa shape index (κ1) is 11.9. The van der Waals surface area contributed by atoms with Crippen molar-refractivity contribution in [2.75, 3.05) is 5.75 Å². The summed E-state index contributed by atoms with van der Waals surface area (Å²) in [7, 11) is -2.97. The maximum atomic E-state index is 11.4. The fraction of sp³-hybridized carbons (Fsp3) is 1.00. The lowest BCUT2D eigenvalue weighted by Gasteiger charge is -2.16. The Balaban J connectivity index is 4.27. The number of rotatable bonds is 4. The molecule has 12 heavy (non-hydrogen) atoms. The van der Waals surface area contributed by atoms with Gasteiger partial charge in [0.2, 0.25) is 0 Å². The molecular formula is C8H19NO2S. The van der Waals surface area contributed by atoms with Gasteiger partial charge in [-0.05, 0) is 19.8 Å². The maximum Gasteiger partial charge on any atom is 0.154 e. The van der Waals surface area contributed by atoms with Crippen molar-refractivity contribution in [1.82, 2.24) is 0 Å². The predicted molar refractivity (Wildman–Crippen MR) is 51.7 cm³/mol. The van der Waals surface area contributed by atoms with Crippen molar-refractivity contribution in [3.63, 3.8) is 0 Å². The van der Waals surface area contributed by atoms with Gasteiger partial charge in [-0.1, -0.05) is 13.8 Å². The Bertz CT molecular complexity index is 219. The van der Waals surface area contributed by atoms with Crippen LogP contribution in [0.25, 0.3) is 0 Å². The van der Waals surface area contributed by atoms with Crippen molar-refractivity contribution in [3.05, 3.63) is 0 Å². The molecule has 0 rings (SSSR count). The molecule has 0 aliphatic rings. The summed E-state index contributed by atoms with van der Waals surface area (Å²) in [5, 5.41) is -0.317. The SMILES string of the molecule is CC(C)C(N)CS(=O)(=O)C(C)C. The summed E-state index contributed by atoms with van der Waals surface area (Å²) in [5.41, 5.74) is 5.66. The van der Waals surface area contributed by atoms with E-state index in [1.165, 1.54) is 0 Å². The monoisotopic (exact) mass is 193 g/mol. The van der Waals surface area contributed by atoms with Crippen molar-refractivity contribution in [2.45, 2.75) is 39.0 Å². The second-order valence-corrected chi connectivity index (χ2v) is 6.39. The highest BCUT2D eigenvalue weighted by Crippen LogP contribution is 2.07. The summed E-state index contributed by atoms with van der Waals surface area (Å²) in [6.07, 6.45) is 0. The van der Waals surface area contributed by atoms with Crippen LogP contribution < -0.4 is 5.73 Å². The molecule has 74 valence electrons. The molecule has 0 fully saturated rings. The molecule has 0 aliphatic carbocycles. The highest BCUT2D eigenvalue weighted by molar-refractivity contribution is 7.92. The Labute approximate surface area is 75.3 Å². The van der Waals surface area contributed by atoms with Gasteiger partial charge in [-0.25, -0.2) is 8.42 Å². The second-order valence-electron chi connectivity index (χ2n) is 3.79. The Kier molecular flexibility index (Phi) is 4.20. The van der Waals surface area contributed by atoms with Crippen LogP contribution in [0.15, 0.2) is 0 Å². The Morgan fingerprint density at radius 1 is 1.17 bits per heavy atom. The normalized spacial score (nSPS) is 15.6. The summed E-state index contributed by atoms with van der Waals surface area (Å²) < 4.78 is 22.7. The number of nitrogens with two attached hydrogens (primary N) is 1. The van der Waals surface area contributed by atoms with E-state index in [0.717, 1.165) is 0 Å². The number of hydrogen-bond donors (Lipinski definition) is 1. The fourth-order valence-electron chi connectivity index (χ4n) is 0.653. The van der Waals surface area contributed by atoms with Crippen molar-refractivity contribution < 1.29 is 8.42 Å². The molecule has 0 aliphatic heterocycles. The first-order valence-corrected chi connectivity index (χ1v) is 5.96. The molecule has 0 bridgehead atoms. The van der Waals surface area contributed by atoms with Crippen molar-refractivity contribution in [2.24, 2.45) is 11.7 Å². The zero-order valence-corrected chi connectivity index (χ0v) is 9.06. The third kappa shape index (κ3) is 3.54. The van der Waals surface area contributed by atoms with E-state index < -0.39 is 9.84 Å². The molecule has 4 heteroatoms. The average molecular weight is 193 g/mol. The molecule has 2 N–H and O–H groups in total. The van der Waals surface area contributed by atoms with Gasteiger partial charge in [-0.2, -0.15) is 0 Å². The van der Waals surface area contributed by atoms with E-state index in [-0.39, 0.29) is 23.0 Å².